The highest BCUT2D eigenvalue weighted by molar-refractivity contribution is 6.70. The lowest BCUT2D eigenvalue weighted by molar-refractivity contribution is 0.184. The van der Waals surface area contributed by atoms with Gasteiger partial charge in [0.1, 0.15) is 0 Å². The van der Waals surface area contributed by atoms with Crippen LogP contribution >= 0.6 is 0 Å². The van der Waals surface area contributed by atoms with Crippen LogP contribution < -0.4 is 0 Å². The number of diazo groups is 1. The molecule has 0 heterocycles. The summed E-state index contributed by atoms with van der Waals surface area (Å²) in [7, 11) is -1.87. The second kappa shape index (κ2) is 3.96. The largest absolute Gasteiger partial charge is 0.539 e. The van der Waals surface area contributed by atoms with Crippen molar-refractivity contribution in [3.05, 3.63) is 29.0 Å². The standard InChI is InChI=1S/C7H12N2O3Si/c1-5(12-13(2,3)4)6(9-8)7(10)11/h1H2,2-4H3,(H-,10,11)/p+1. The summed E-state index contributed by atoms with van der Waals surface area (Å²) in [4.78, 5) is 2.65. The van der Waals surface area contributed by atoms with E-state index in [4.69, 9.17) is 20.0 Å². The molecule has 0 spiro atoms. The molecule has 0 bridgehead atoms. The summed E-state index contributed by atoms with van der Waals surface area (Å²) >= 11 is 0. The number of aliphatic hydroxyl groups is 2. The molecule has 6 heteroatoms. The van der Waals surface area contributed by atoms with Crippen LogP contribution in [0.1, 0.15) is 0 Å². The van der Waals surface area contributed by atoms with Gasteiger partial charge in [-0.2, -0.15) is 0 Å². The molecule has 0 unspecified atom stereocenters. The second-order valence-corrected chi connectivity index (χ2v) is 7.84. The van der Waals surface area contributed by atoms with Crippen molar-refractivity contribution < 1.29 is 14.6 Å². The Labute approximate surface area is 77.7 Å². The van der Waals surface area contributed by atoms with Gasteiger partial charge in [0.2, 0.25) is 19.5 Å². The van der Waals surface area contributed by atoms with Crippen LogP contribution in [0.15, 0.2) is 24.0 Å². The SMILES string of the molecule is C=C(O[Si](C)(C)C)C([N+]#N)=C(O)O. The molecular formula is C7H13N2O3Si+. The van der Waals surface area contributed by atoms with E-state index < -0.39 is 20.0 Å². The third-order valence-electron chi connectivity index (χ3n) is 1.01. The van der Waals surface area contributed by atoms with E-state index in [1.165, 1.54) is 0 Å². The summed E-state index contributed by atoms with van der Waals surface area (Å²) in [6.45, 7) is 9.08. The summed E-state index contributed by atoms with van der Waals surface area (Å²) in [5, 5.41) is 25.7. The van der Waals surface area contributed by atoms with E-state index in [2.05, 4.69) is 11.6 Å². The lowest BCUT2D eigenvalue weighted by Crippen LogP contribution is -2.25. The minimum absolute atomic E-state index is 0.0401. The lowest BCUT2D eigenvalue weighted by atomic mass is 10.4. The van der Waals surface area contributed by atoms with Gasteiger partial charge in [0.15, 0.2) is 4.98 Å². The molecule has 0 radical (unpaired) electrons. The predicted molar refractivity (Wildman–Crippen MR) is 50.9 cm³/mol. The van der Waals surface area contributed by atoms with Gasteiger partial charge >= 0.3 is 11.6 Å². The number of hydrogen-bond donors (Lipinski definition) is 2. The molecular weight excluding hydrogens is 188 g/mol. The van der Waals surface area contributed by atoms with Gasteiger partial charge in [0.25, 0.3) is 0 Å². The monoisotopic (exact) mass is 201 g/mol. The molecule has 0 saturated heterocycles. The second-order valence-electron chi connectivity index (χ2n) is 3.41. The first-order valence-corrected chi connectivity index (χ1v) is 7.04. The van der Waals surface area contributed by atoms with Crippen LogP contribution in [0.4, 0.5) is 0 Å². The number of hydrogen-bond acceptors (Lipinski definition) is 4. The van der Waals surface area contributed by atoms with Crippen LogP contribution in [0, 0.1) is 5.39 Å². The average Bonchev–Trinajstić information content (AvgIpc) is 1.82. The molecule has 0 aromatic rings. The summed E-state index contributed by atoms with van der Waals surface area (Å²) in [5.41, 5.74) is -0.442. The Hall–Kier alpha value is -1.48. The zero-order valence-corrected chi connectivity index (χ0v) is 8.90. The number of aliphatic hydroxyl groups excluding tert-OH is 1. The van der Waals surface area contributed by atoms with Gasteiger partial charge in [-0.3, -0.25) is 0 Å². The first kappa shape index (κ1) is 11.5. The molecule has 0 aromatic heterocycles. The first-order chi connectivity index (χ1) is 5.78. The molecule has 13 heavy (non-hydrogen) atoms. The summed E-state index contributed by atoms with van der Waals surface area (Å²) < 4.78 is 5.26. The summed E-state index contributed by atoms with van der Waals surface area (Å²) in [6, 6.07) is 0. The molecule has 0 aliphatic heterocycles. The van der Waals surface area contributed by atoms with E-state index in [-0.39, 0.29) is 5.76 Å². The van der Waals surface area contributed by atoms with E-state index in [0.717, 1.165) is 0 Å². The van der Waals surface area contributed by atoms with Gasteiger partial charge < -0.3 is 14.6 Å². The zero-order valence-electron chi connectivity index (χ0n) is 7.90. The van der Waals surface area contributed by atoms with Gasteiger partial charge in [-0.15, -0.1) is 0 Å². The Morgan fingerprint density at radius 3 is 2.08 bits per heavy atom. The van der Waals surface area contributed by atoms with Crippen molar-refractivity contribution in [3.63, 3.8) is 0 Å². The van der Waals surface area contributed by atoms with Gasteiger partial charge in [-0.1, -0.05) is 0 Å². The fourth-order valence-electron chi connectivity index (χ4n) is 0.643. The Kier molecular flexibility index (Phi) is 3.50. The fourth-order valence-corrected chi connectivity index (χ4v) is 1.48. The third kappa shape index (κ3) is 4.18. The Morgan fingerprint density at radius 2 is 1.85 bits per heavy atom. The molecule has 5 nitrogen and oxygen atoms in total. The number of rotatable bonds is 3. The van der Waals surface area contributed by atoms with E-state index in [0.29, 0.717) is 0 Å². The normalized spacial score (nSPS) is 10.0. The smallest absolute Gasteiger partial charge is 0.502 e. The van der Waals surface area contributed by atoms with Gasteiger partial charge in [0, 0.05) is 0 Å². The summed E-state index contributed by atoms with van der Waals surface area (Å²) in [6.07, 6.45) is 0. The third-order valence-corrected chi connectivity index (χ3v) is 1.86. The van der Waals surface area contributed by atoms with Gasteiger partial charge in [-0.25, -0.2) is 0 Å². The molecule has 0 saturated carbocycles. The van der Waals surface area contributed by atoms with Crippen molar-refractivity contribution >= 4 is 8.32 Å². The van der Waals surface area contributed by atoms with E-state index in [1.54, 1.807) is 0 Å². The van der Waals surface area contributed by atoms with Crippen molar-refractivity contribution in [3.8, 4) is 0 Å². The number of nitrogens with zero attached hydrogens (tertiary/aromatic N) is 2. The van der Waals surface area contributed by atoms with Crippen molar-refractivity contribution in [2.24, 2.45) is 0 Å². The molecule has 0 aliphatic rings. The molecule has 0 aromatic carbocycles. The molecule has 2 N–H and O–H groups in total. The minimum Gasteiger partial charge on any atom is -0.539 e. The van der Waals surface area contributed by atoms with Gasteiger partial charge in [0.05, 0.1) is 0 Å². The highest BCUT2D eigenvalue weighted by atomic mass is 28.4. The molecule has 0 rings (SSSR count). The Bertz CT molecular complexity index is 281. The van der Waals surface area contributed by atoms with E-state index >= 15 is 0 Å². The van der Waals surface area contributed by atoms with Crippen LogP contribution in [-0.2, 0) is 4.43 Å². The first-order valence-electron chi connectivity index (χ1n) is 3.63. The predicted octanol–water partition coefficient (Wildman–Crippen LogP) is 2.49. The van der Waals surface area contributed by atoms with Crippen molar-refractivity contribution in [2.45, 2.75) is 19.6 Å². The molecule has 72 valence electrons. The van der Waals surface area contributed by atoms with Crippen LogP contribution in [-0.4, -0.2) is 18.5 Å². The van der Waals surface area contributed by atoms with Crippen molar-refractivity contribution in [1.82, 2.24) is 0 Å². The van der Waals surface area contributed by atoms with Crippen LogP contribution in [0.25, 0.3) is 4.98 Å². The van der Waals surface area contributed by atoms with E-state index in [1.807, 2.05) is 19.6 Å². The lowest BCUT2D eigenvalue weighted by Gasteiger charge is -2.16. The summed E-state index contributed by atoms with van der Waals surface area (Å²) in [5.74, 6) is -1.15. The fraction of sp³-hybridized carbons (Fsp3) is 0.429. The maximum atomic E-state index is 8.64. The van der Waals surface area contributed by atoms with Crippen molar-refractivity contribution in [1.29, 1.82) is 5.39 Å². The highest BCUT2D eigenvalue weighted by Crippen LogP contribution is 2.18. The topological polar surface area (TPSA) is 77.8 Å². The van der Waals surface area contributed by atoms with Gasteiger partial charge in [-0.05, 0) is 26.2 Å². The van der Waals surface area contributed by atoms with Crippen LogP contribution in [0.5, 0.6) is 0 Å². The molecule has 0 fully saturated rings. The maximum Gasteiger partial charge on any atom is 0.502 e. The average molecular weight is 201 g/mol. The van der Waals surface area contributed by atoms with Crippen LogP contribution in [0.3, 0.4) is 0 Å². The Morgan fingerprint density at radius 1 is 1.38 bits per heavy atom. The van der Waals surface area contributed by atoms with E-state index in [9.17, 15) is 0 Å². The molecule has 0 amide bonds. The quantitative estimate of drug-likeness (QED) is 0.318. The molecule has 0 aliphatic carbocycles. The zero-order chi connectivity index (χ0) is 10.6. The maximum absolute atomic E-state index is 8.64. The highest BCUT2D eigenvalue weighted by Gasteiger charge is 2.29. The Balaban J connectivity index is 4.65. The van der Waals surface area contributed by atoms with Crippen LogP contribution in [0.2, 0.25) is 19.6 Å². The minimum atomic E-state index is -1.87. The molecule has 0 atom stereocenters. The van der Waals surface area contributed by atoms with Crippen molar-refractivity contribution in [2.75, 3.05) is 0 Å².